The van der Waals surface area contributed by atoms with E-state index in [4.69, 9.17) is 4.74 Å². The molecule has 0 fully saturated rings. The van der Waals surface area contributed by atoms with Crippen molar-refractivity contribution in [3.05, 3.63) is 97.1 Å². The fourth-order valence-electron chi connectivity index (χ4n) is 3.69. The number of hydrogen-bond acceptors (Lipinski definition) is 8. The molecule has 35 heavy (non-hydrogen) atoms. The van der Waals surface area contributed by atoms with Crippen molar-refractivity contribution in [2.24, 2.45) is 0 Å². The molecule has 0 amide bonds. The summed E-state index contributed by atoms with van der Waals surface area (Å²) in [5.41, 5.74) is 0.103. The second kappa shape index (κ2) is 10.1. The number of nitrogens with zero attached hydrogens (tertiary/aromatic N) is 4. The van der Waals surface area contributed by atoms with Crippen LogP contribution in [0.5, 0.6) is 0 Å². The number of nitrogens with one attached hydrogen (secondary N) is 2. The molecule has 2 N–H and O–H groups in total. The number of esters is 1. The third-order valence-corrected chi connectivity index (χ3v) is 5.30. The van der Waals surface area contributed by atoms with E-state index in [-0.39, 0.29) is 29.0 Å². The van der Waals surface area contributed by atoms with Crippen LogP contribution in [0.2, 0.25) is 0 Å². The number of hydrogen-bond donors (Lipinski definition) is 2. The zero-order chi connectivity index (χ0) is 24.9. The van der Waals surface area contributed by atoms with Crippen LogP contribution < -0.4 is 16.4 Å². The molecule has 1 aromatic carbocycles. The highest BCUT2D eigenvalue weighted by Crippen LogP contribution is 2.28. The van der Waals surface area contributed by atoms with Gasteiger partial charge in [0.05, 0.1) is 22.6 Å². The van der Waals surface area contributed by atoms with Crippen LogP contribution in [0.1, 0.15) is 18.1 Å². The second-order valence-electron chi connectivity index (χ2n) is 7.65. The summed E-state index contributed by atoms with van der Waals surface area (Å²) < 4.78 is 7.42. The molecule has 0 aliphatic heterocycles. The molecule has 0 unspecified atom stereocenters. The number of H-pyrrole nitrogens is 1. The van der Waals surface area contributed by atoms with Crippen molar-refractivity contribution in [1.29, 1.82) is 0 Å². The van der Waals surface area contributed by atoms with Crippen molar-refractivity contribution in [3.8, 4) is 5.69 Å². The van der Waals surface area contributed by atoms with Crippen molar-refractivity contribution in [3.63, 3.8) is 0 Å². The van der Waals surface area contributed by atoms with Gasteiger partial charge in [0.15, 0.2) is 0 Å². The van der Waals surface area contributed by atoms with Gasteiger partial charge in [-0.3, -0.25) is 34.0 Å². The standard InChI is InChI=1S/C23H22N6O6/c1-2-35-21(30)14-28-18-10-19(20(29(33)34)9-17(18)26-22(31)23(28)32)27-8-5-16(13-27)12-25-11-15-3-6-24-7-4-15/h3-10,13,25H,2,11-12,14H2,1H3,(H,26,31). The van der Waals surface area contributed by atoms with E-state index in [0.717, 1.165) is 15.7 Å². The Kier molecular flexibility index (Phi) is 6.83. The highest BCUT2D eigenvalue weighted by atomic mass is 16.6. The molecular formula is C23H22N6O6. The molecule has 3 aromatic heterocycles. The number of fused-ring (bicyclic) bond motifs is 1. The molecule has 4 aromatic rings. The minimum absolute atomic E-state index is 0.0562. The van der Waals surface area contributed by atoms with E-state index in [0.29, 0.717) is 13.1 Å². The maximum atomic E-state index is 12.5. The number of carbonyl (C=O) groups is 1. The van der Waals surface area contributed by atoms with E-state index in [1.54, 1.807) is 36.3 Å². The second-order valence-corrected chi connectivity index (χ2v) is 7.65. The van der Waals surface area contributed by atoms with E-state index in [1.807, 2.05) is 18.2 Å². The van der Waals surface area contributed by atoms with Crippen molar-refractivity contribution in [2.75, 3.05) is 6.61 Å². The minimum atomic E-state index is -0.993. The normalized spacial score (nSPS) is 11.0. The lowest BCUT2D eigenvalue weighted by Gasteiger charge is -2.12. The van der Waals surface area contributed by atoms with E-state index in [2.05, 4.69) is 15.3 Å². The average molecular weight is 478 g/mol. The van der Waals surface area contributed by atoms with Crippen LogP contribution in [0.25, 0.3) is 16.7 Å². The number of benzene rings is 1. The molecule has 0 saturated heterocycles. The molecular weight excluding hydrogens is 456 g/mol. The molecule has 0 radical (unpaired) electrons. The lowest BCUT2D eigenvalue weighted by atomic mass is 10.2. The van der Waals surface area contributed by atoms with Crippen LogP contribution in [-0.4, -0.2) is 36.6 Å². The van der Waals surface area contributed by atoms with Crippen molar-refractivity contribution in [1.82, 2.24) is 24.4 Å². The van der Waals surface area contributed by atoms with E-state index >= 15 is 0 Å². The number of ether oxygens (including phenoxy) is 1. The number of aromatic amines is 1. The molecule has 0 atom stereocenters. The van der Waals surface area contributed by atoms with Gasteiger partial charge in [-0.25, -0.2) is 0 Å². The minimum Gasteiger partial charge on any atom is -0.465 e. The molecule has 0 bridgehead atoms. The summed E-state index contributed by atoms with van der Waals surface area (Å²) in [5.74, 6) is -0.704. The predicted molar refractivity (Wildman–Crippen MR) is 126 cm³/mol. The quantitative estimate of drug-likeness (QED) is 0.159. The average Bonchev–Trinajstić information content (AvgIpc) is 3.31. The van der Waals surface area contributed by atoms with E-state index in [9.17, 15) is 24.5 Å². The van der Waals surface area contributed by atoms with Gasteiger partial charge in [-0.1, -0.05) is 0 Å². The van der Waals surface area contributed by atoms with E-state index < -0.39 is 28.6 Å². The summed E-state index contributed by atoms with van der Waals surface area (Å²) in [6, 6.07) is 8.19. The highest BCUT2D eigenvalue weighted by Gasteiger charge is 2.21. The molecule has 0 aliphatic carbocycles. The summed E-state index contributed by atoms with van der Waals surface area (Å²) in [4.78, 5) is 54.2. The van der Waals surface area contributed by atoms with E-state index in [1.165, 1.54) is 12.1 Å². The zero-order valence-corrected chi connectivity index (χ0v) is 18.8. The van der Waals surface area contributed by atoms with Gasteiger partial charge < -0.3 is 19.6 Å². The first-order chi connectivity index (χ1) is 16.9. The Labute approximate surface area is 198 Å². The summed E-state index contributed by atoms with van der Waals surface area (Å²) in [6.07, 6.45) is 6.81. The Morgan fingerprint density at radius 2 is 1.91 bits per heavy atom. The third-order valence-electron chi connectivity index (χ3n) is 5.30. The maximum Gasteiger partial charge on any atom is 0.326 e. The van der Waals surface area contributed by atoms with Gasteiger partial charge >= 0.3 is 17.1 Å². The van der Waals surface area contributed by atoms with Gasteiger partial charge in [0.25, 0.3) is 5.69 Å². The predicted octanol–water partition coefficient (Wildman–Crippen LogP) is 1.64. The molecule has 12 nitrogen and oxygen atoms in total. The first kappa shape index (κ1) is 23.6. The van der Waals surface area contributed by atoms with Gasteiger partial charge in [-0.2, -0.15) is 0 Å². The van der Waals surface area contributed by atoms with Crippen LogP contribution in [0.4, 0.5) is 5.69 Å². The van der Waals surface area contributed by atoms with Crippen molar-refractivity contribution in [2.45, 2.75) is 26.6 Å². The van der Waals surface area contributed by atoms with Crippen LogP contribution in [-0.2, 0) is 29.2 Å². The Balaban J connectivity index is 1.71. The number of pyridine rings is 1. The molecule has 3 heterocycles. The van der Waals surface area contributed by atoms with Gasteiger partial charge in [0.1, 0.15) is 12.2 Å². The number of nitro groups is 1. The fraction of sp³-hybridized carbons (Fsp3) is 0.217. The number of carbonyl (C=O) groups excluding carboxylic acids is 1. The monoisotopic (exact) mass is 478 g/mol. The van der Waals surface area contributed by atoms with Crippen LogP contribution in [0.15, 0.2) is 64.7 Å². The molecule has 0 spiro atoms. The number of nitro benzene ring substituents is 1. The maximum absolute atomic E-state index is 12.5. The molecule has 12 heteroatoms. The molecule has 0 aliphatic rings. The van der Waals surface area contributed by atoms with Gasteiger partial charge in [0.2, 0.25) is 0 Å². The zero-order valence-electron chi connectivity index (χ0n) is 18.8. The van der Waals surface area contributed by atoms with Gasteiger partial charge in [0, 0.05) is 43.9 Å². The third kappa shape index (κ3) is 5.17. The highest BCUT2D eigenvalue weighted by molar-refractivity contribution is 5.83. The van der Waals surface area contributed by atoms with Crippen molar-refractivity contribution < 1.29 is 14.5 Å². The first-order valence-corrected chi connectivity index (χ1v) is 10.7. The lowest BCUT2D eigenvalue weighted by Crippen LogP contribution is -2.38. The summed E-state index contributed by atoms with van der Waals surface area (Å²) in [6.45, 7) is 2.36. The summed E-state index contributed by atoms with van der Waals surface area (Å²) in [5, 5.41) is 15.1. The van der Waals surface area contributed by atoms with Gasteiger partial charge in [-0.15, -0.1) is 0 Å². The van der Waals surface area contributed by atoms with Crippen LogP contribution in [0.3, 0.4) is 0 Å². The Bertz CT molecular complexity index is 1500. The fourth-order valence-corrected chi connectivity index (χ4v) is 3.69. The first-order valence-electron chi connectivity index (χ1n) is 10.7. The largest absolute Gasteiger partial charge is 0.465 e. The van der Waals surface area contributed by atoms with Crippen LogP contribution >= 0.6 is 0 Å². The molecule has 0 saturated carbocycles. The summed E-state index contributed by atoms with van der Waals surface area (Å²) in [7, 11) is 0. The molecule has 180 valence electrons. The smallest absolute Gasteiger partial charge is 0.326 e. The Morgan fingerprint density at radius 3 is 2.63 bits per heavy atom. The van der Waals surface area contributed by atoms with Crippen molar-refractivity contribution >= 4 is 22.7 Å². The molecule has 4 rings (SSSR count). The topological polar surface area (TPSA) is 154 Å². The summed E-state index contributed by atoms with van der Waals surface area (Å²) >= 11 is 0. The Morgan fingerprint density at radius 1 is 1.17 bits per heavy atom. The number of aromatic nitrogens is 4. The Hall–Kier alpha value is -4.58. The van der Waals surface area contributed by atoms with Crippen LogP contribution in [0, 0.1) is 10.1 Å². The lowest BCUT2D eigenvalue weighted by molar-refractivity contribution is -0.384. The number of rotatable bonds is 9. The van der Waals surface area contributed by atoms with Gasteiger partial charge in [-0.05, 0) is 42.3 Å². The SMILES string of the molecule is CCOC(=O)Cn1c(=O)c(=O)[nH]c2cc([N+](=O)[O-])c(-n3ccc(CNCc4ccncc4)c3)cc21.